The number of ether oxygens (including phenoxy) is 5. The van der Waals surface area contributed by atoms with Crippen LogP contribution in [0.25, 0.3) is 0 Å². The molecule has 0 bridgehead atoms. The second-order valence-corrected chi connectivity index (χ2v) is 10.7. The number of esters is 1. The number of nitriles is 1. The number of rotatable bonds is 10. The number of hydrogen-bond acceptors (Lipinski definition) is 8. The number of carbonyl (C=O) groups excluding carboxylic acids is 1. The highest BCUT2D eigenvalue weighted by Gasteiger charge is 2.32. The maximum absolute atomic E-state index is 12.5. The molecule has 0 amide bonds. The number of halogens is 3. The van der Waals surface area contributed by atoms with Gasteiger partial charge in [-0.2, -0.15) is 5.26 Å². The van der Waals surface area contributed by atoms with Crippen LogP contribution in [-0.4, -0.2) is 19.2 Å². The Morgan fingerprint density at radius 1 is 0.909 bits per heavy atom. The summed E-state index contributed by atoms with van der Waals surface area (Å²) in [6.45, 7) is 2.11. The molecule has 0 aliphatic carbocycles. The van der Waals surface area contributed by atoms with E-state index in [4.69, 9.17) is 64.2 Å². The van der Waals surface area contributed by atoms with Crippen molar-refractivity contribution in [1.82, 2.24) is 0 Å². The van der Waals surface area contributed by atoms with E-state index in [1.807, 2.05) is 37.3 Å². The summed E-state index contributed by atoms with van der Waals surface area (Å²) < 4.78 is 28.6. The van der Waals surface area contributed by atoms with Crippen molar-refractivity contribution in [2.45, 2.75) is 19.4 Å². The standard InChI is InChI=1S/C33H25Cl3N2O6/c1-2-40-30-13-19(7-11-28(30)41-17-20-5-3-4-6-25(20)35)32-23-10-9-22(15-29(23)44-33(38)24(32)16-37)43-31(39)18-42-27-12-8-21(34)14-26(27)36/h3-15,32H,2,17-18,38H2,1H3. The molecule has 1 atom stereocenters. The first-order chi connectivity index (χ1) is 21.3. The van der Waals surface area contributed by atoms with Crippen LogP contribution >= 0.6 is 34.8 Å². The number of hydrogen-bond donors (Lipinski definition) is 1. The van der Waals surface area contributed by atoms with Crippen molar-refractivity contribution >= 4 is 40.8 Å². The van der Waals surface area contributed by atoms with Crippen LogP contribution in [0.5, 0.6) is 28.7 Å². The smallest absolute Gasteiger partial charge is 0.349 e. The monoisotopic (exact) mass is 650 g/mol. The predicted octanol–water partition coefficient (Wildman–Crippen LogP) is 7.83. The highest BCUT2D eigenvalue weighted by molar-refractivity contribution is 6.35. The second kappa shape index (κ2) is 13.8. The summed E-state index contributed by atoms with van der Waals surface area (Å²) in [6, 6.07) is 24.5. The van der Waals surface area contributed by atoms with Crippen LogP contribution in [-0.2, 0) is 11.4 Å². The number of nitrogens with zero attached hydrogens (tertiary/aromatic N) is 1. The van der Waals surface area contributed by atoms with E-state index >= 15 is 0 Å². The molecular formula is C33H25Cl3N2O6. The van der Waals surface area contributed by atoms with Gasteiger partial charge in [0.15, 0.2) is 18.1 Å². The molecule has 8 nitrogen and oxygen atoms in total. The van der Waals surface area contributed by atoms with E-state index in [2.05, 4.69) is 6.07 Å². The Morgan fingerprint density at radius 2 is 1.70 bits per heavy atom. The zero-order valence-electron chi connectivity index (χ0n) is 23.3. The quantitative estimate of drug-likeness (QED) is 0.136. The molecule has 1 heterocycles. The molecule has 4 aromatic carbocycles. The first-order valence-electron chi connectivity index (χ1n) is 13.4. The van der Waals surface area contributed by atoms with E-state index < -0.39 is 18.5 Å². The van der Waals surface area contributed by atoms with Crippen LogP contribution in [0.3, 0.4) is 0 Å². The van der Waals surface area contributed by atoms with Crippen LogP contribution < -0.4 is 29.4 Å². The van der Waals surface area contributed by atoms with Gasteiger partial charge < -0.3 is 29.4 Å². The summed E-state index contributed by atoms with van der Waals surface area (Å²) in [5.74, 6) is 0.513. The van der Waals surface area contributed by atoms with E-state index in [-0.39, 0.29) is 28.8 Å². The van der Waals surface area contributed by atoms with Gasteiger partial charge in [-0.25, -0.2) is 4.79 Å². The van der Waals surface area contributed by atoms with Crippen molar-refractivity contribution in [3.05, 3.63) is 122 Å². The maximum atomic E-state index is 12.5. The summed E-state index contributed by atoms with van der Waals surface area (Å²) in [6.07, 6.45) is 0. The van der Waals surface area contributed by atoms with Gasteiger partial charge in [0.25, 0.3) is 0 Å². The van der Waals surface area contributed by atoms with Crippen LogP contribution in [0.1, 0.15) is 29.5 Å². The van der Waals surface area contributed by atoms with Gasteiger partial charge >= 0.3 is 5.97 Å². The maximum Gasteiger partial charge on any atom is 0.349 e. The summed E-state index contributed by atoms with van der Waals surface area (Å²) in [7, 11) is 0. The molecule has 5 rings (SSSR count). The third-order valence-corrected chi connectivity index (χ3v) is 7.50. The zero-order valence-corrected chi connectivity index (χ0v) is 25.6. The molecule has 0 spiro atoms. The Kier molecular flexibility index (Phi) is 9.71. The van der Waals surface area contributed by atoms with E-state index in [0.717, 1.165) is 11.1 Å². The van der Waals surface area contributed by atoms with Crippen LogP contribution in [0.15, 0.2) is 90.3 Å². The van der Waals surface area contributed by atoms with Crippen molar-refractivity contribution in [2.75, 3.05) is 13.2 Å². The molecule has 1 unspecified atom stereocenters. The molecule has 0 radical (unpaired) electrons. The lowest BCUT2D eigenvalue weighted by molar-refractivity contribution is -0.136. The average molecular weight is 652 g/mol. The highest BCUT2D eigenvalue weighted by atomic mass is 35.5. The van der Waals surface area contributed by atoms with Crippen LogP contribution in [0.4, 0.5) is 0 Å². The molecule has 4 aromatic rings. The summed E-state index contributed by atoms with van der Waals surface area (Å²) >= 11 is 18.3. The molecule has 224 valence electrons. The van der Waals surface area contributed by atoms with E-state index in [1.165, 1.54) is 12.1 Å². The second-order valence-electron chi connectivity index (χ2n) is 9.48. The lowest BCUT2D eigenvalue weighted by Gasteiger charge is -2.27. The van der Waals surface area contributed by atoms with Crippen molar-refractivity contribution in [3.63, 3.8) is 0 Å². The molecule has 44 heavy (non-hydrogen) atoms. The molecule has 11 heteroatoms. The third kappa shape index (κ3) is 6.98. The van der Waals surface area contributed by atoms with Crippen molar-refractivity contribution in [3.8, 4) is 34.8 Å². The van der Waals surface area contributed by atoms with E-state index in [1.54, 1.807) is 36.4 Å². The van der Waals surface area contributed by atoms with Crippen LogP contribution in [0.2, 0.25) is 15.1 Å². The molecular weight excluding hydrogens is 627 g/mol. The molecule has 0 fully saturated rings. The highest BCUT2D eigenvalue weighted by Crippen LogP contribution is 2.45. The summed E-state index contributed by atoms with van der Waals surface area (Å²) in [4.78, 5) is 12.5. The molecule has 0 aromatic heterocycles. The zero-order chi connectivity index (χ0) is 31.2. The number of fused-ring (bicyclic) bond motifs is 1. The molecule has 0 saturated heterocycles. The normalized spacial score (nSPS) is 13.8. The lowest BCUT2D eigenvalue weighted by atomic mass is 9.83. The first-order valence-corrected chi connectivity index (χ1v) is 14.5. The number of allylic oxidation sites excluding steroid dienone is 1. The van der Waals surface area contributed by atoms with Crippen molar-refractivity contribution in [2.24, 2.45) is 5.73 Å². The van der Waals surface area contributed by atoms with Crippen LogP contribution in [0, 0.1) is 11.3 Å². The van der Waals surface area contributed by atoms with Gasteiger partial charge in [0.1, 0.15) is 35.5 Å². The van der Waals surface area contributed by atoms with Gasteiger partial charge in [-0.15, -0.1) is 0 Å². The SMILES string of the molecule is CCOc1cc(C2C(C#N)=C(N)Oc3cc(OC(=O)COc4ccc(Cl)cc4Cl)ccc32)ccc1OCc1ccccc1Cl. The molecule has 1 aliphatic rings. The van der Waals surface area contributed by atoms with Crippen molar-refractivity contribution < 1.29 is 28.5 Å². The molecule has 0 saturated carbocycles. The molecule has 1 aliphatic heterocycles. The Bertz CT molecular complexity index is 1790. The predicted molar refractivity (Wildman–Crippen MR) is 167 cm³/mol. The fourth-order valence-corrected chi connectivity index (χ4v) is 5.25. The Balaban J connectivity index is 1.37. The van der Waals surface area contributed by atoms with Gasteiger partial charge in [-0.1, -0.05) is 65.1 Å². The molecule has 2 N–H and O–H groups in total. The van der Waals surface area contributed by atoms with E-state index in [0.29, 0.717) is 45.2 Å². The first kappa shape index (κ1) is 30.9. The Morgan fingerprint density at radius 3 is 2.45 bits per heavy atom. The third-order valence-electron chi connectivity index (χ3n) is 6.60. The minimum absolute atomic E-state index is 0.0637. The summed E-state index contributed by atoms with van der Waals surface area (Å²) in [5.41, 5.74) is 8.61. The number of carbonyl (C=O) groups is 1. The minimum Gasteiger partial charge on any atom is -0.490 e. The van der Waals surface area contributed by atoms with Crippen molar-refractivity contribution in [1.29, 1.82) is 5.26 Å². The summed E-state index contributed by atoms with van der Waals surface area (Å²) in [5, 5.41) is 11.3. The fraction of sp³-hybridized carbons (Fsp3) is 0.152. The van der Waals surface area contributed by atoms with E-state index in [9.17, 15) is 10.1 Å². The van der Waals surface area contributed by atoms with Gasteiger partial charge in [0.05, 0.1) is 17.5 Å². The van der Waals surface area contributed by atoms with Gasteiger partial charge in [0, 0.05) is 27.2 Å². The Hall–Kier alpha value is -4.55. The largest absolute Gasteiger partial charge is 0.490 e. The lowest BCUT2D eigenvalue weighted by Crippen LogP contribution is -2.22. The fourth-order valence-electron chi connectivity index (χ4n) is 4.59. The minimum atomic E-state index is -0.668. The number of nitrogens with two attached hydrogens (primary N) is 1. The topological polar surface area (TPSA) is 113 Å². The average Bonchev–Trinajstić information content (AvgIpc) is 3.00. The number of benzene rings is 4. The van der Waals surface area contributed by atoms with Gasteiger partial charge in [-0.3, -0.25) is 0 Å². The Labute approximate surface area is 269 Å². The van der Waals surface area contributed by atoms with Gasteiger partial charge in [-0.05, 0) is 55.0 Å². The van der Waals surface area contributed by atoms with Gasteiger partial charge in [0.2, 0.25) is 5.88 Å².